The Morgan fingerprint density at radius 2 is 1.78 bits per heavy atom. The van der Waals surface area contributed by atoms with Crippen LogP contribution in [-0.4, -0.2) is 35.3 Å². The van der Waals surface area contributed by atoms with Crippen molar-refractivity contribution in [1.29, 1.82) is 0 Å². The molecule has 1 aliphatic carbocycles. The molecule has 1 aromatic carbocycles. The molecule has 124 valence electrons. The average molecular weight is 314 g/mol. The fraction of sp³-hybridized carbons (Fsp3) is 0.579. The van der Waals surface area contributed by atoms with Crippen LogP contribution in [0.4, 0.5) is 0 Å². The van der Waals surface area contributed by atoms with Crippen LogP contribution in [-0.2, 0) is 4.79 Å². The normalized spacial score (nSPS) is 22.1. The first-order valence-corrected chi connectivity index (χ1v) is 8.84. The van der Waals surface area contributed by atoms with E-state index in [0.717, 1.165) is 31.2 Å². The first kappa shape index (κ1) is 16.0. The maximum Gasteiger partial charge on any atom is 0.254 e. The Morgan fingerprint density at radius 1 is 1.04 bits per heavy atom. The summed E-state index contributed by atoms with van der Waals surface area (Å²) in [5.41, 5.74) is 1.68. The van der Waals surface area contributed by atoms with Gasteiger partial charge in [0.15, 0.2) is 0 Å². The summed E-state index contributed by atoms with van der Waals surface area (Å²) in [5, 5.41) is 3.18. The van der Waals surface area contributed by atoms with Gasteiger partial charge >= 0.3 is 0 Å². The van der Waals surface area contributed by atoms with E-state index in [0.29, 0.717) is 18.2 Å². The summed E-state index contributed by atoms with van der Waals surface area (Å²) in [5.74, 6) is 0.0285. The van der Waals surface area contributed by atoms with E-state index in [2.05, 4.69) is 5.32 Å². The molecule has 23 heavy (non-hydrogen) atoms. The molecule has 1 saturated carbocycles. The summed E-state index contributed by atoms with van der Waals surface area (Å²) in [6.45, 7) is 2.62. The summed E-state index contributed by atoms with van der Waals surface area (Å²) in [6, 6.07) is 7.61. The van der Waals surface area contributed by atoms with Gasteiger partial charge in [-0.1, -0.05) is 37.5 Å². The van der Waals surface area contributed by atoms with Crippen LogP contribution in [0.2, 0.25) is 0 Å². The fourth-order valence-electron chi connectivity index (χ4n) is 3.79. The first-order chi connectivity index (χ1) is 11.2. The SMILES string of the molecule is Cc1ccccc1C(=O)N1CCC[C@H]1C(=O)NC1CCCCC1. The molecule has 0 unspecified atom stereocenters. The van der Waals surface area contributed by atoms with Crippen LogP contribution in [0.1, 0.15) is 60.9 Å². The molecule has 0 spiro atoms. The Bertz CT molecular complexity index is 578. The van der Waals surface area contributed by atoms with Crippen LogP contribution in [0.3, 0.4) is 0 Å². The lowest BCUT2D eigenvalue weighted by Crippen LogP contribution is -2.49. The quantitative estimate of drug-likeness (QED) is 0.932. The van der Waals surface area contributed by atoms with E-state index in [9.17, 15) is 9.59 Å². The fourth-order valence-corrected chi connectivity index (χ4v) is 3.79. The summed E-state index contributed by atoms with van der Waals surface area (Å²) in [7, 11) is 0. The third kappa shape index (κ3) is 3.57. The van der Waals surface area contributed by atoms with Gasteiger partial charge in [-0.25, -0.2) is 0 Å². The number of hydrogen-bond acceptors (Lipinski definition) is 2. The Kier molecular flexibility index (Phi) is 4.99. The number of rotatable bonds is 3. The molecule has 1 aliphatic heterocycles. The topological polar surface area (TPSA) is 49.4 Å². The smallest absolute Gasteiger partial charge is 0.254 e. The summed E-state index contributed by atoms with van der Waals surface area (Å²) >= 11 is 0. The van der Waals surface area contributed by atoms with Crippen molar-refractivity contribution < 1.29 is 9.59 Å². The van der Waals surface area contributed by atoms with Gasteiger partial charge in [0, 0.05) is 18.2 Å². The second-order valence-electron chi connectivity index (χ2n) is 6.82. The highest BCUT2D eigenvalue weighted by Crippen LogP contribution is 2.23. The maximum absolute atomic E-state index is 12.8. The first-order valence-electron chi connectivity index (χ1n) is 8.84. The van der Waals surface area contributed by atoms with Crippen molar-refractivity contribution in [2.24, 2.45) is 0 Å². The molecule has 1 saturated heterocycles. The molecule has 0 radical (unpaired) electrons. The van der Waals surface area contributed by atoms with Crippen LogP contribution in [0.15, 0.2) is 24.3 Å². The molecule has 2 amide bonds. The molecule has 0 aromatic heterocycles. The van der Waals surface area contributed by atoms with Gasteiger partial charge in [0.25, 0.3) is 5.91 Å². The number of amides is 2. The van der Waals surface area contributed by atoms with Gasteiger partial charge in [-0.3, -0.25) is 9.59 Å². The van der Waals surface area contributed by atoms with Gasteiger partial charge in [0.05, 0.1) is 0 Å². The Hall–Kier alpha value is -1.84. The van der Waals surface area contributed by atoms with E-state index in [1.807, 2.05) is 31.2 Å². The third-order valence-corrected chi connectivity index (χ3v) is 5.14. The van der Waals surface area contributed by atoms with Crippen LogP contribution >= 0.6 is 0 Å². The number of nitrogens with one attached hydrogen (secondary N) is 1. The molecule has 1 atom stereocenters. The van der Waals surface area contributed by atoms with Gasteiger partial charge < -0.3 is 10.2 Å². The third-order valence-electron chi connectivity index (χ3n) is 5.14. The molecule has 4 heteroatoms. The summed E-state index contributed by atoms with van der Waals surface area (Å²) in [4.78, 5) is 27.2. The van der Waals surface area contributed by atoms with E-state index in [4.69, 9.17) is 0 Å². The summed E-state index contributed by atoms with van der Waals surface area (Å²) in [6.07, 6.45) is 7.49. The average Bonchev–Trinajstić information content (AvgIpc) is 3.05. The Morgan fingerprint density at radius 3 is 2.52 bits per heavy atom. The standard InChI is InChI=1S/C19H26N2O2/c1-14-8-5-6-11-16(14)19(23)21-13-7-12-17(21)18(22)20-15-9-3-2-4-10-15/h5-6,8,11,15,17H,2-4,7,9-10,12-13H2,1H3,(H,20,22)/t17-/m0/s1. The predicted octanol–water partition coefficient (Wildman–Crippen LogP) is 3.05. The van der Waals surface area contributed by atoms with Crippen molar-refractivity contribution in [1.82, 2.24) is 10.2 Å². The predicted molar refractivity (Wildman–Crippen MR) is 90.3 cm³/mol. The molecule has 1 N–H and O–H groups in total. The van der Waals surface area contributed by atoms with Gasteiger partial charge in [-0.15, -0.1) is 0 Å². The van der Waals surface area contributed by atoms with Crippen LogP contribution in [0.25, 0.3) is 0 Å². The van der Waals surface area contributed by atoms with Gasteiger partial charge in [0.1, 0.15) is 6.04 Å². The highest BCUT2D eigenvalue weighted by Gasteiger charge is 2.35. The summed E-state index contributed by atoms with van der Waals surface area (Å²) < 4.78 is 0. The number of carbonyl (C=O) groups excluding carboxylic acids is 2. The van der Waals surface area contributed by atoms with Gasteiger partial charge in [0.2, 0.25) is 5.91 Å². The van der Waals surface area contributed by atoms with E-state index in [-0.39, 0.29) is 17.9 Å². The number of carbonyl (C=O) groups is 2. The van der Waals surface area contributed by atoms with Crippen molar-refractivity contribution in [3.63, 3.8) is 0 Å². The minimum Gasteiger partial charge on any atom is -0.352 e. The number of likely N-dealkylation sites (tertiary alicyclic amines) is 1. The van der Waals surface area contributed by atoms with E-state index in [1.54, 1.807) is 4.90 Å². The van der Waals surface area contributed by atoms with Crippen molar-refractivity contribution >= 4 is 11.8 Å². The highest BCUT2D eigenvalue weighted by atomic mass is 16.2. The maximum atomic E-state index is 12.8. The van der Waals surface area contributed by atoms with Crippen molar-refractivity contribution in [3.8, 4) is 0 Å². The Balaban J connectivity index is 1.68. The highest BCUT2D eigenvalue weighted by molar-refractivity contribution is 5.99. The minimum atomic E-state index is -0.302. The van der Waals surface area contributed by atoms with E-state index < -0.39 is 0 Å². The van der Waals surface area contributed by atoms with Crippen LogP contribution in [0.5, 0.6) is 0 Å². The Labute approximate surface area is 138 Å². The zero-order valence-electron chi connectivity index (χ0n) is 13.9. The van der Waals surface area contributed by atoms with E-state index >= 15 is 0 Å². The lowest BCUT2D eigenvalue weighted by atomic mass is 9.95. The molecule has 1 heterocycles. The molecule has 4 nitrogen and oxygen atoms in total. The number of hydrogen-bond donors (Lipinski definition) is 1. The second kappa shape index (κ2) is 7.16. The van der Waals surface area contributed by atoms with Gasteiger partial charge in [-0.2, -0.15) is 0 Å². The van der Waals surface area contributed by atoms with Crippen molar-refractivity contribution in [2.45, 2.75) is 64.0 Å². The lowest BCUT2D eigenvalue weighted by Gasteiger charge is -2.28. The minimum absolute atomic E-state index is 0.00982. The molecular formula is C19H26N2O2. The van der Waals surface area contributed by atoms with Gasteiger partial charge in [-0.05, 0) is 44.2 Å². The monoisotopic (exact) mass is 314 g/mol. The largest absolute Gasteiger partial charge is 0.352 e. The molecular weight excluding hydrogens is 288 g/mol. The number of aryl methyl sites for hydroxylation is 1. The van der Waals surface area contributed by atoms with Crippen molar-refractivity contribution in [2.75, 3.05) is 6.54 Å². The van der Waals surface area contributed by atoms with Crippen LogP contribution < -0.4 is 5.32 Å². The number of benzene rings is 1. The molecule has 0 bridgehead atoms. The van der Waals surface area contributed by atoms with Crippen molar-refractivity contribution in [3.05, 3.63) is 35.4 Å². The number of nitrogens with zero attached hydrogens (tertiary/aromatic N) is 1. The lowest BCUT2D eigenvalue weighted by molar-refractivity contribution is -0.125. The zero-order chi connectivity index (χ0) is 16.2. The molecule has 3 rings (SSSR count). The molecule has 2 fully saturated rings. The molecule has 1 aromatic rings. The van der Waals surface area contributed by atoms with E-state index in [1.165, 1.54) is 19.3 Å². The second-order valence-corrected chi connectivity index (χ2v) is 6.82. The molecule has 2 aliphatic rings. The van der Waals surface area contributed by atoms with Crippen LogP contribution in [0, 0.1) is 6.92 Å². The zero-order valence-corrected chi connectivity index (χ0v) is 13.9.